The molecule has 7 heteroatoms. The van der Waals surface area contributed by atoms with Crippen LogP contribution < -0.4 is 4.74 Å². The number of hydrogen-bond acceptors (Lipinski definition) is 5. The lowest BCUT2D eigenvalue weighted by Gasteiger charge is -2.25. The molecule has 1 fully saturated rings. The normalized spacial score (nSPS) is 17.1. The molecule has 0 radical (unpaired) electrons. The number of ketones is 1. The quantitative estimate of drug-likeness (QED) is 0.167. The number of unbranched alkanes of at least 4 members (excludes halogenated alkanes) is 1. The Bertz CT molecular complexity index is 1260. The number of ether oxygens (including phenoxy) is 1. The number of aryl methyl sites for hydroxylation is 1. The van der Waals surface area contributed by atoms with Gasteiger partial charge in [-0.15, -0.1) is 0 Å². The highest BCUT2D eigenvalue weighted by atomic mass is 79.9. The van der Waals surface area contributed by atoms with Gasteiger partial charge in [0, 0.05) is 29.0 Å². The number of benzene rings is 2. The number of halogens is 1. The van der Waals surface area contributed by atoms with Gasteiger partial charge < -0.3 is 14.7 Å². The van der Waals surface area contributed by atoms with E-state index in [2.05, 4.69) is 27.8 Å². The monoisotopic (exact) mass is 534 g/mol. The summed E-state index contributed by atoms with van der Waals surface area (Å²) in [6.07, 6.45) is 5.31. The fourth-order valence-corrected chi connectivity index (χ4v) is 4.46. The highest BCUT2D eigenvalue weighted by molar-refractivity contribution is 9.10. The predicted octanol–water partition coefficient (Wildman–Crippen LogP) is 5.95. The van der Waals surface area contributed by atoms with Crippen molar-refractivity contribution >= 4 is 33.4 Å². The van der Waals surface area contributed by atoms with Crippen molar-refractivity contribution in [2.24, 2.45) is 0 Å². The molecule has 1 atom stereocenters. The van der Waals surface area contributed by atoms with Crippen LogP contribution in [0.4, 0.5) is 0 Å². The number of nitrogens with zero attached hydrogens (tertiary/aromatic N) is 2. The minimum atomic E-state index is -0.733. The zero-order chi connectivity index (χ0) is 24.9. The number of pyridine rings is 1. The SMILES string of the molecule is CCCCOc1ccc(C(O)=C2C(=O)C(=O)N(Cc3cccnc3)[C@@H]2c2ccc(Br)cc2)c(C)c1. The van der Waals surface area contributed by atoms with Gasteiger partial charge in [0.15, 0.2) is 0 Å². The number of amides is 1. The summed E-state index contributed by atoms with van der Waals surface area (Å²) in [5.74, 6) is -0.848. The van der Waals surface area contributed by atoms with Gasteiger partial charge in [-0.25, -0.2) is 0 Å². The molecule has 6 nitrogen and oxygen atoms in total. The first-order chi connectivity index (χ1) is 16.9. The molecule has 180 valence electrons. The number of aliphatic hydroxyl groups is 1. The predicted molar refractivity (Wildman–Crippen MR) is 138 cm³/mol. The topological polar surface area (TPSA) is 79.7 Å². The Kier molecular flexibility index (Phi) is 7.66. The van der Waals surface area contributed by atoms with Gasteiger partial charge in [0.25, 0.3) is 11.7 Å². The second-order valence-electron chi connectivity index (χ2n) is 8.52. The number of rotatable bonds is 8. The van der Waals surface area contributed by atoms with Crippen molar-refractivity contribution in [1.82, 2.24) is 9.88 Å². The van der Waals surface area contributed by atoms with E-state index in [0.717, 1.165) is 34.0 Å². The zero-order valence-electron chi connectivity index (χ0n) is 19.7. The van der Waals surface area contributed by atoms with Crippen molar-refractivity contribution in [3.8, 4) is 5.75 Å². The summed E-state index contributed by atoms with van der Waals surface area (Å²) in [5, 5.41) is 11.4. The summed E-state index contributed by atoms with van der Waals surface area (Å²) in [7, 11) is 0. The van der Waals surface area contributed by atoms with Crippen LogP contribution in [0.1, 0.15) is 48.1 Å². The molecule has 2 aromatic carbocycles. The summed E-state index contributed by atoms with van der Waals surface area (Å²) in [5.41, 5.74) is 2.85. The van der Waals surface area contributed by atoms with Crippen molar-refractivity contribution in [2.45, 2.75) is 39.3 Å². The van der Waals surface area contributed by atoms with Crippen molar-refractivity contribution in [1.29, 1.82) is 0 Å². The number of aliphatic hydroxyl groups excluding tert-OH is 1. The molecule has 0 saturated carbocycles. The van der Waals surface area contributed by atoms with E-state index in [1.54, 1.807) is 30.6 Å². The van der Waals surface area contributed by atoms with Gasteiger partial charge >= 0.3 is 0 Å². The van der Waals surface area contributed by atoms with Crippen LogP contribution in [-0.2, 0) is 16.1 Å². The first-order valence-corrected chi connectivity index (χ1v) is 12.4. The van der Waals surface area contributed by atoms with Crippen LogP contribution in [-0.4, -0.2) is 33.3 Å². The fourth-order valence-electron chi connectivity index (χ4n) is 4.19. The van der Waals surface area contributed by atoms with Gasteiger partial charge in [-0.1, -0.05) is 47.5 Å². The molecule has 1 N–H and O–H groups in total. The van der Waals surface area contributed by atoms with Gasteiger partial charge in [0.1, 0.15) is 11.5 Å². The third-order valence-electron chi connectivity index (χ3n) is 6.02. The molecule has 4 rings (SSSR count). The minimum absolute atomic E-state index is 0.0731. The molecule has 1 aromatic heterocycles. The zero-order valence-corrected chi connectivity index (χ0v) is 21.3. The molecule has 0 spiro atoms. The lowest BCUT2D eigenvalue weighted by atomic mass is 9.94. The van der Waals surface area contributed by atoms with Crippen LogP contribution in [0.15, 0.2) is 77.0 Å². The number of likely N-dealkylation sites (tertiary alicyclic amines) is 1. The summed E-state index contributed by atoms with van der Waals surface area (Å²) >= 11 is 3.44. The van der Waals surface area contributed by atoms with E-state index in [0.29, 0.717) is 17.9 Å². The number of carbonyl (C=O) groups excluding carboxylic acids is 2. The molecule has 2 heterocycles. The van der Waals surface area contributed by atoms with Crippen LogP contribution in [0.25, 0.3) is 5.76 Å². The van der Waals surface area contributed by atoms with Gasteiger partial charge in [-0.3, -0.25) is 14.6 Å². The number of aromatic nitrogens is 1. The van der Waals surface area contributed by atoms with E-state index in [1.165, 1.54) is 4.90 Å². The maximum atomic E-state index is 13.3. The van der Waals surface area contributed by atoms with Crippen LogP contribution in [0.3, 0.4) is 0 Å². The second-order valence-corrected chi connectivity index (χ2v) is 9.43. The molecule has 1 amide bonds. The smallest absolute Gasteiger partial charge is 0.295 e. The Hall–Kier alpha value is -3.45. The highest BCUT2D eigenvalue weighted by Gasteiger charge is 2.46. The Morgan fingerprint density at radius 2 is 1.91 bits per heavy atom. The van der Waals surface area contributed by atoms with Crippen LogP contribution in [0.5, 0.6) is 5.75 Å². The Balaban J connectivity index is 1.78. The molecule has 1 aliphatic heterocycles. The summed E-state index contributed by atoms with van der Waals surface area (Å²) < 4.78 is 6.65. The molecule has 0 aliphatic carbocycles. The largest absolute Gasteiger partial charge is 0.507 e. The van der Waals surface area contributed by atoms with E-state index in [4.69, 9.17) is 4.74 Å². The first kappa shape index (κ1) is 24.7. The van der Waals surface area contributed by atoms with Crippen molar-refractivity contribution in [3.05, 3.63) is 99.3 Å². The third kappa shape index (κ3) is 5.30. The molecule has 35 heavy (non-hydrogen) atoms. The van der Waals surface area contributed by atoms with Gasteiger partial charge in [0.05, 0.1) is 18.2 Å². The number of carbonyl (C=O) groups is 2. The standard InChI is InChI=1S/C28H27BrN2O4/c1-3-4-14-35-22-11-12-23(18(2)15-22)26(32)24-25(20-7-9-21(29)10-8-20)31(28(34)27(24)33)17-19-6-5-13-30-16-19/h5-13,15-16,25,32H,3-4,14,17H2,1-2H3/t25-/m1/s1. The summed E-state index contributed by atoms with van der Waals surface area (Å²) in [4.78, 5) is 32.1. The molecule has 3 aromatic rings. The van der Waals surface area contributed by atoms with Crippen molar-refractivity contribution in [2.75, 3.05) is 6.61 Å². The van der Waals surface area contributed by atoms with E-state index >= 15 is 0 Å². The molecular weight excluding hydrogens is 508 g/mol. The van der Waals surface area contributed by atoms with Gasteiger partial charge in [-0.2, -0.15) is 0 Å². The lowest BCUT2D eigenvalue weighted by molar-refractivity contribution is -0.140. The maximum absolute atomic E-state index is 13.3. The number of Topliss-reactive ketones (excluding diaryl/α,β-unsaturated/α-hetero) is 1. The fraction of sp³-hybridized carbons (Fsp3) is 0.250. The summed E-state index contributed by atoms with van der Waals surface area (Å²) in [6.45, 7) is 4.76. The maximum Gasteiger partial charge on any atom is 0.295 e. The van der Waals surface area contributed by atoms with Gasteiger partial charge in [-0.05, 0) is 66.4 Å². The van der Waals surface area contributed by atoms with Crippen LogP contribution in [0.2, 0.25) is 0 Å². The average molecular weight is 535 g/mol. The van der Waals surface area contributed by atoms with Gasteiger partial charge in [0.2, 0.25) is 0 Å². The molecule has 1 aliphatic rings. The lowest BCUT2D eigenvalue weighted by Crippen LogP contribution is -2.29. The van der Waals surface area contributed by atoms with E-state index < -0.39 is 17.7 Å². The molecule has 1 saturated heterocycles. The van der Waals surface area contributed by atoms with Crippen molar-refractivity contribution < 1.29 is 19.4 Å². The Labute approximate surface area is 213 Å². The molecular formula is C28H27BrN2O4. The molecule has 0 unspecified atom stereocenters. The highest BCUT2D eigenvalue weighted by Crippen LogP contribution is 2.41. The molecule has 0 bridgehead atoms. The Morgan fingerprint density at radius 1 is 1.14 bits per heavy atom. The second kappa shape index (κ2) is 10.9. The van der Waals surface area contributed by atoms with Crippen LogP contribution >= 0.6 is 15.9 Å². The number of hydrogen-bond donors (Lipinski definition) is 1. The average Bonchev–Trinajstić information content (AvgIpc) is 3.10. The summed E-state index contributed by atoms with van der Waals surface area (Å²) in [6, 6.07) is 15.7. The minimum Gasteiger partial charge on any atom is -0.507 e. The van der Waals surface area contributed by atoms with E-state index in [-0.39, 0.29) is 17.9 Å². The third-order valence-corrected chi connectivity index (χ3v) is 6.55. The van der Waals surface area contributed by atoms with E-state index in [1.807, 2.05) is 43.3 Å². The van der Waals surface area contributed by atoms with E-state index in [9.17, 15) is 14.7 Å². The first-order valence-electron chi connectivity index (χ1n) is 11.6. The van der Waals surface area contributed by atoms with Crippen LogP contribution in [0, 0.1) is 6.92 Å². The Morgan fingerprint density at radius 3 is 2.57 bits per heavy atom. The van der Waals surface area contributed by atoms with Crippen molar-refractivity contribution in [3.63, 3.8) is 0 Å².